The van der Waals surface area contributed by atoms with Crippen LogP contribution in [0.15, 0.2) is 4.99 Å². The normalized spacial score (nSPS) is 17.7. The van der Waals surface area contributed by atoms with E-state index in [-0.39, 0.29) is 6.10 Å². The summed E-state index contributed by atoms with van der Waals surface area (Å²) < 4.78 is 13.1. The molecule has 26 heavy (non-hydrogen) atoms. The van der Waals surface area contributed by atoms with Gasteiger partial charge in [-0.05, 0) is 32.6 Å². The zero-order valence-corrected chi connectivity index (χ0v) is 16.8. The van der Waals surface area contributed by atoms with Crippen molar-refractivity contribution in [1.82, 2.24) is 20.4 Å². The Balaban J connectivity index is 1.84. The lowest BCUT2D eigenvalue weighted by Crippen LogP contribution is -2.38. The van der Waals surface area contributed by atoms with Crippen molar-refractivity contribution in [3.8, 4) is 0 Å². The van der Waals surface area contributed by atoms with Crippen LogP contribution in [-0.4, -0.2) is 54.8 Å². The number of hydrogen-bond donors (Lipinski definition) is 2. The van der Waals surface area contributed by atoms with Gasteiger partial charge in [0.2, 0.25) is 0 Å². The van der Waals surface area contributed by atoms with Crippen LogP contribution < -0.4 is 10.6 Å². The minimum atomic E-state index is 0.280. The Morgan fingerprint density at radius 3 is 2.81 bits per heavy atom. The minimum absolute atomic E-state index is 0.280. The predicted molar refractivity (Wildman–Crippen MR) is 105 cm³/mol. The number of aryl methyl sites for hydroxylation is 2. The summed E-state index contributed by atoms with van der Waals surface area (Å²) in [6, 6.07) is 0. The van der Waals surface area contributed by atoms with E-state index < -0.39 is 0 Å². The number of nitrogens with zero attached hydrogens (tertiary/aromatic N) is 3. The zero-order chi connectivity index (χ0) is 18.8. The highest BCUT2D eigenvalue weighted by Gasteiger charge is 2.15. The fourth-order valence-electron chi connectivity index (χ4n) is 3.25. The molecule has 1 fully saturated rings. The van der Waals surface area contributed by atoms with E-state index in [1.54, 1.807) is 0 Å². The van der Waals surface area contributed by atoms with Crippen molar-refractivity contribution in [2.75, 3.05) is 32.9 Å². The molecule has 1 saturated heterocycles. The lowest BCUT2D eigenvalue weighted by molar-refractivity contribution is 0.0420. The van der Waals surface area contributed by atoms with Gasteiger partial charge in [-0.15, -0.1) is 0 Å². The third-order valence-corrected chi connectivity index (χ3v) is 4.62. The summed E-state index contributed by atoms with van der Waals surface area (Å²) in [5.74, 6) is 0.852. The van der Waals surface area contributed by atoms with Gasteiger partial charge in [0, 0.05) is 44.6 Å². The molecule has 0 spiro atoms. The van der Waals surface area contributed by atoms with Gasteiger partial charge in [0.15, 0.2) is 5.96 Å². The first-order valence-corrected chi connectivity index (χ1v) is 9.94. The lowest BCUT2D eigenvalue weighted by atomic mass is 10.1. The van der Waals surface area contributed by atoms with Crippen molar-refractivity contribution in [2.45, 2.75) is 59.1 Å². The largest absolute Gasteiger partial charge is 0.379 e. The van der Waals surface area contributed by atoms with E-state index in [9.17, 15) is 0 Å². The number of ether oxygens (including phenoxy) is 2. The first-order valence-electron chi connectivity index (χ1n) is 9.94. The van der Waals surface area contributed by atoms with E-state index in [4.69, 9.17) is 14.5 Å². The molecular formula is C19H35N5O2. The molecule has 2 heterocycles. The lowest BCUT2D eigenvalue weighted by Gasteiger charge is -2.13. The summed E-state index contributed by atoms with van der Waals surface area (Å²) in [5, 5.41) is 11.3. The highest BCUT2D eigenvalue weighted by molar-refractivity contribution is 5.79. The second kappa shape index (κ2) is 11.2. The Labute approximate surface area is 157 Å². The van der Waals surface area contributed by atoms with Crippen LogP contribution in [0.5, 0.6) is 0 Å². The van der Waals surface area contributed by atoms with Crippen molar-refractivity contribution in [2.24, 2.45) is 12.0 Å². The Morgan fingerprint density at radius 2 is 2.15 bits per heavy atom. The Hall–Kier alpha value is -1.60. The summed E-state index contributed by atoms with van der Waals surface area (Å²) in [6.07, 6.45) is 4.16. The average Bonchev–Trinajstić information content (AvgIpc) is 3.26. The molecule has 1 aromatic heterocycles. The third kappa shape index (κ3) is 5.99. The second-order valence-corrected chi connectivity index (χ2v) is 6.53. The maximum Gasteiger partial charge on any atom is 0.191 e. The molecule has 1 aromatic rings. The summed E-state index contributed by atoms with van der Waals surface area (Å²) in [6.45, 7) is 11.1. The number of guanidine groups is 1. The molecule has 0 aliphatic carbocycles. The molecule has 0 aromatic carbocycles. The van der Waals surface area contributed by atoms with E-state index in [0.29, 0.717) is 6.54 Å². The molecule has 0 saturated carbocycles. The minimum Gasteiger partial charge on any atom is -0.379 e. The van der Waals surface area contributed by atoms with Crippen LogP contribution in [0.3, 0.4) is 0 Å². The monoisotopic (exact) mass is 365 g/mol. The van der Waals surface area contributed by atoms with Crippen LogP contribution in [0.2, 0.25) is 0 Å². The third-order valence-electron chi connectivity index (χ3n) is 4.62. The fourth-order valence-corrected chi connectivity index (χ4v) is 3.25. The van der Waals surface area contributed by atoms with E-state index in [2.05, 4.69) is 36.5 Å². The summed E-state index contributed by atoms with van der Waals surface area (Å²) in [5.41, 5.74) is 3.68. The van der Waals surface area contributed by atoms with Gasteiger partial charge in [0.05, 0.1) is 24.9 Å². The Morgan fingerprint density at radius 1 is 1.31 bits per heavy atom. The number of rotatable bonds is 10. The second-order valence-electron chi connectivity index (χ2n) is 6.53. The Kier molecular flexibility index (Phi) is 8.91. The van der Waals surface area contributed by atoms with Gasteiger partial charge < -0.3 is 20.1 Å². The van der Waals surface area contributed by atoms with Crippen molar-refractivity contribution in [1.29, 1.82) is 0 Å². The quantitative estimate of drug-likeness (QED) is 0.376. The topological polar surface area (TPSA) is 72.7 Å². The molecule has 0 amide bonds. The van der Waals surface area contributed by atoms with Gasteiger partial charge in [0.1, 0.15) is 0 Å². The van der Waals surface area contributed by atoms with Gasteiger partial charge in [-0.3, -0.25) is 4.68 Å². The van der Waals surface area contributed by atoms with Crippen molar-refractivity contribution in [3.63, 3.8) is 0 Å². The summed E-state index contributed by atoms with van der Waals surface area (Å²) in [7, 11) is 2.02. The van der Waals surface area contributed by atoms with E-state index in [1.807, 2.05) is 11.7 Å². The molecule has 0 bridgehead atoms. The smallest absolute Gasteiger partial charge is 0.191 e. The Bertz CT molecular complexity index is 565. The van der Waals surface area contributed by atoms with Crippen molar-refractivity contribution < 1.29 is 9.47 Å². The number of nitrogens with one attached hydrogen (secondary N) is 2. The number of aliphatic imine (C=N–C) groups is 1. The molecule has 148 valence electrons. The molecular weight excluding hydrogens is 330 g/mol. The maximum atomic E-state index is 5.80. The van der Waals surface area contributed by atoms with Gasteiger partial charge in [-0.25, -0.2) is 4.99 Å². The first kappa shape index (κ1) is 20.7. The number of aromatic nitrogens is 2. The maximum absolute atomic E-state index is 5.80. The van der Waals surface area contributed by atoms with Gasteiger partial charge in [0.25, 0.3) is 0 Å². The molecule has 1 atom stereocenters. The van der Waals surface area contributed by atoms with Crippen molar-refractivity contribution in [3.05, 3.63) is 17.0 Å². The van der Waals surface area contributed by atoms with Gasteiger partial charge >= 0.3 is 0 Å². The van der Waals surface area contributed by atoms with Crippen LogP contribution in [0.25, 0.3) is 0 Å². The molecule has 7 nitrogen and oxygen atoms in total. The van der Waals surface area contributed by atoms with E-state index in [0.717, 1.165) is 70.2 Å². The van der Waals surface area contributed by atoms with Crippen LogP contribution in [0.1, 0.15) is 50.6 Å². The molecule has 2 N–H and O–H groups in total. The number of hydrogen-bond acceptors (Lipinski definition) is 4. The molecule has 7 heteroatoms. The van der Waals surface area contributed by atoms with E-state index in [1.165, 1.54) is 11.3 Å². The average molecular weight is 366 g/mol. The molecule has 1 aliphatic heterocycles. The molecule has 0 radical (unpaired) electrons. The standard InChI is InChI=1S/C19H35N5O2/c1-5-17-16(18(6-2)24(4)23-17)13-22-19(20-7-3)21-10-8-11-26-15-9-12-25-14-15/h15H,5-14H2,1-4H3,(H2,20,21,22). The highest BCUT2D eigenvalue weighted by Crippen LogP contribution is 2.16. The zero-order valence-electron chi connectivity index (χ0n) is 16.8. The van der Waals surface area contributed by atoms with Crippen molar-refractivity contribution >= 4 is 5.96 Å². The highest BCUT2D eigenvalue weighted by atomic mass is 16.5. The molecule has 1 unspecified atom stereocenters. The SMILES string of the molecule is CCNC(=NCc1c(CC)nn(C)c1CC)NCCCOC1CCOC1. The first-order chi connectivity index (χ1) is 12.7. The summed E-state index contributed by atoms with van der Waals surface area (Å²) >= 11 is 0. The summed E-state index contributed by atoms with van der Waals surface area (Å²) in [4.78, 5) is 4.77. The van der Waals surface area contributed by atoms with Crippen LogP contribution in [0.4, 0.5) is 0 Å². The van der Waals surface area contributed by atoms with Crippen LogP contribution in [-0.2, 0) is 35.9 Å². The van der Waals surface area contributed by atoms with Crippen LogP contribution in [0, 0.1) is 0 Å². The molecule has 2 rings (SSSR count). The van der Waals surface area contributed by atoms with Gasteiger partial charge in [-0.1, -0.05) is 13.8 Å². The predicted octanol–water partition coefficient (Wildman–Crippen LogP) is 1.80. The van der Waals surface area contributed by atoms with Gasteiger partial charge in [-0.2, -0.15) is 5.10 Å². The molecule has 1 aliphatic rings. The van der Waals surface area contributed by atoms with E-state index >= 15 is 0 Å². The fraction of sp³-hybridized carbons (Fsp3) is 0.789. The van der Waals surface area contributed by atoms with Crippen LogP contribution >= 0.6 is 0 Å².